The van der Waals surface area contributed by atoms with Gasteiger partial charge in [-0.3, -0.25) is 0 Å². The average molecular weight is 1790 g/mol. The molecule has 15 aromatic rings. The molecule has 0 unspecified atom stereocenters. The standard InChI is InChI=1S/3C34H23N.15C2H6/c1-4-10-26-20(7-1)13-23-15-24-17-31-30-16-21-8-2-5-11-27(21)29(30)18-25-14-22-9-3-6-12-32(22)35(34(25)31)33(24)19-28(23)26;1-4-10-27-20(7-1)13-23-16-24-18-30-33-25(14-21-8-2-5-11-28(21)33)17-26-15-22-9-3-6-12-31(22)35(34(26)30)32(24)19-29(23)27;1-4-10-24-20(7-1)15-28-26(24)13-14-33-30(28)19-23-18-27-25-11-5-2-8-21(25)16-29(27)31-17-22-9-3-6-12-32(22)35(33)34(23)31;15*1-2/h1-12,15,18-19H,13-14,16-17H2;1-12,16-17,19H,13-15,18H2;1-14,18H,15-17,19H2;15*1-2H3. The van der Waals surface area contributed by atoms with E-state index >= 15 is 0 Å². The number of fused-ring (bicyclic) bond motifs is 34. The number of rotatable bonds is 0. The van der Waals surface area contributed by atoms with Crippen molar-refractivity contribution >= 4 is 51.2 Å². The normalized spacial score (nSPS) is 12.3. The lowest BCUT2D eigenvalue weighted by molar-refractivity contribution is 0.983. The van der Waals surface area contributed by atoms with Gasteiger partial charge in [0.1, 0.15) is 0 Å². The quantitative estimate of drug-likeness (QED) is 0.150. The number of hydrogen-bond donors (Lipinski definition) is 0. The molecule has 0 radical (unpaired) electrons. The van der Waals surface area contributed by atoms with Gasteiger partial charge < -0.3 is 14.7 Å². The van der Waals surface area contributed by atoms with Crippen LogP contribution in [0.5, 0.6) is 0 Å². The second-order valence-electron chi connectivity index (χ2n) is 31.5. The largest absolute Gasteiger partial charge is 0.309 e. The number of benzene rings is 15. The summed E-state index contributed by atoms with van der Waals surface area (Å²) >= 11 is 0. The summed E-state index contributed by atoms with van der Waals surface area (Å²) in [6, 6.07) is 103. The van der Waals surface area contributed by atoms with E-state index in [0.29, 0.717) is 0 Å². The van der Waals surface area contributed by atoms with Gasteiger partial charge in [0, 0.05) is 55.6 Å². The van der Waals surface area contributed by atoms with E-state index in [1.165, 1.54) is 229 Å². The van der Waals surface area contributed by atoms with E-state index < -0.39 is 0 Å². The fourth-order valence-corrected chi connectivity index (χ4v) is 21.8. The van der Waals surface area contributed by atoms with Gasteiger partial charge in [-0.1, -0.05) is 432 Å². The molecule has 702 valence electrons. The Kier molecular flexibility index (Phi) is 38.6. The van der Waals surface area contributed by atoms with Gasteiger partial charge in [0.15, 0.2) is 0 Å². The summed E-state index contributed by atoms with van der Waals surface area (Å²) in [6.07, 6.45) is 12.4. The third kappa shape index (κ3) is 18.9. The van der Waals surface area contributed by atoms with Gasteiger partial charge in [-0.15, -0.1) is 0 Å². The molecule has 0 saturated carbocycles. The third-order valence-electron chi connectivity index (χ3n) is 26.2. The van der Waals surface area contributed by atoms with E-state index in [9.17, 15) is 0 Å². The van der Waals surface area contributed by atoms with Crippen LogP contribution in [0.15, 0.2) is 273 Å². The topological polar surface area (TPSA) is 9.72 Å². The van der Waals surface area contributed by atoms with Gasteiger partial charge in [0.2, 0.25) is 0 Å². The molecule has 0 fully saturated rings. The maximum Gasteiger partial charge on any atom is 0.0539 e. The summed E-state index contributed by atoms with van der Waals surface area (Å²) in [7, 11) is 0. The van der Waals surface area contributed by atoms with Crippen LogP contribution in [0.2, 0.25) is 0 Å². The van der Waals surface area contributed by atoms with Crippen molar-refractivity contribution in [2.75, 3.05) is 14.7 Å². The lowest BCUT2D eigenvalue weighted by Gasteiger charge is -2.41. The third-order valence-corrected chi connectivity index (χ3v) is 26.2. The highest BCUT2D eigenvalue weighted by atomic mass is 15.2. The first-order valence-electron chi connectivity index (χ1n) is 53.1. The maximum atomic E-state index is 2.61. The number of para-hydroxylation sites is 3. The molecular weight excluding hydrogens is 1630 g/mol. The molecule has 0 bridgehead atoms. The molecular formula is C132H159N3. The Hall–Kier alpha value is -12.3. The summed E-state index contributed by atoms with van der Waals surface area (Å²) < 4.78 is 0. The number of nitrogens with zero attached hydrogens (tertiary/aromatic N) is 3. The molecule has 3 nitrogen and oxygen atoms in total. The predicted molar refractivity (Wildman–Crippen MR) is 600 cm³/mol. The SMILES string of the molecule is CC.CC.CC.CC.CC.CC.CC.CC.CC.CC.CC.CC.CC.CC.CC.c1ccc2c(c1)Cc1c-2ccc2c1Cc1cc3c(c4c1N2c1ccccc1C4)Cc1ccccc1-3.c1ccc2c(c1)Cc1cc3c(cc1-2)N1c2ccccc2Cc2cc4c(c(c21)C3)-c1ccccc1C4.c1ccc2c(c1)Cc1cc3c(cc1-2)N1c2ccccc2Cc2cc4c(c(c21)C3)Cc1ccccc1-4. The minimum Gasteiger partial charge on any atom is -0.309 e. The van der Waals surface area contributed by atoms with Crippen molar-refractivity contribution in [1.29, 1.82) is 0 Å². The summed E-state index contributed by atoms with van der Waals surface area (Å²) in [5.41, 5.74) is 65.4. The molecule has 15 aromatic carbocycles. The van der Waals surface area contributed by atoms with Crippen LogP contribution in [0, 0.1) is 0 Å². The molecule has 0 amide bonds. The first-order chi connectivity index (χ1) is 67.0. The van der Waals surface area contributed by atoms with Crippen LogP contribution in [-0.4, -0.2) is 0 Å². The first-order valence-corrected chi connectivity index (χ1v) is 53.1. The van der Waals surface area contributed by atoms with Gasteiger partial charge in [0.25, 0.3) is 0 Å². The molecule has 0 saturated heterocycles. The van der Waals surface area contributed by atoms with Crippen LogP contribution >= 0.6 is 0 Å². The molecule has 0 aromatic heterocycles. The molecule has 3 heteroatoms. The van der Waals surface area contributed by atoms with E-state index in [0.717, 1.165) is 77.0 Å². The minimum absolute atomic E-state index is 1.01. The number of anilines is 9. The second-order valence-corrected chi connectivity index (χ2v) is 31.5. The van der Waals surface area contributed by atoms with Gasteiger partial charge >= 0.3 is 0 Å². The molecule has 0 atom stereocenters. The molecule has 27 rings (SSSR count). The van der Waals surface area contributed by atoms with E-state index in [2.05, 4.69) is 288 Å². The second kappa shape index (κ2) is 49.8. The summed E-state index contributed by atoms with van der Waals surface area (Å²) in [5.74, 6) is 0. The molecule has 135 heavy (non-hydrogen) atoms. The summed E-state index contributed by atoms with van der Waals surface area (Å²) in [4.78, 5) is 7.81. The van der Waals surface area contributed by atoms with Crippen molar-refractivity contribution in [3.63, 3.8) is 0 Å². The zero-order chi connectivity index (χ0) is 98.0. The molecule has 12 aliphatic rings. The average Bonchev–Trinajstić information content (AvgIpc) is 1.38. The smallest absolute Gasteiger partial charge is 0.0539 e. The number of hydrogen-bond acceptors (Lipinski definition) is 3. The van der Waals surface area contributed by atoms with Crippen molar-refractivity contribution in [1.82, 2.24) is 0 Å². The monoisotopic (exact) mass is 1790 g/mol. The lowest BCUT2D eigenvalue weighted by Crippen LogP contribution is -2.26. The van der Waals surface area contributed by atoms with Crippen LogP contribution in [0.1, 0.15) is 341 Å². The molecule has 0 N–H and O–H groups in total. The van der Waals surface area contributed by atoms with Crippen LogP contribution in [-0.2, 0) is 77.0 Å². The first kappa shape index (κ1) is 105. The Morgan fingerprint density at radius 1 is 0.126 bits per heavy atom. The van der Waals surface area contributed by atoms with E-state index in [1.54, 1.807) is 22.3 Å². The lowest BCUT2D eigenvalue weighted by atomic mass is 9.81. The molecule has 6 aliphatic carbocycles. The highest BCUT2D eigenvalue weighted by molar-refractivity contribution is 6.01. The van der Waals surface area contributed by atoms with Gasteiger partial charge in [-0.2, -0.15) is 0 Å². The fourth-order valence-electron chi connectivity index (χ4n) is 21.8. The Balaban J connectivity index is 0.000000184. The summed E-state index contributed by atoms with van der Waals surface area (Å²) in [6.45, 7) is 60.0. The Labute approximate surface area is 818 Å². The van der Waals surface area contributed by atoms with Gasteiger partial charge in [-0.05, 0) is 287 Å². The van der Waals surface area contributed by atoms with Crippen molar-refractivity contribution in [2.45, 2.75) is 285 Å². The highest BCUT2D eigenvalue weighted by Crippen LogP contribution is 2.61. The van der Waals surface area contributed by atoms with Crippen LogP contribution in [0.25, 0.3) is 66.8 Å². The Morgan fingerprint density at radius 3 is 0.756 bits per heavy atom. The zero-order valence-corrected chi connectivity index (χ0v) is 88.3. The predicted octanol–water partition coefficient (Wildman–Crippen LogP) is 39.7. The van der Waals surface area contributed by atoms with E-state index in [-0.39, 0.29) is 0 Å². The minimum atomic E-state index is 1.01. The van der Waals surface area contributed by atoms with Crippen molar-refractivity contribution in [3.8, 4) is 66.8 Å². The molecule has 0 spiro atoms. The van der Waals surface area contributed by atoms with Crippen LogP contribution in [0.4, 0.5) is 51.2 Å². The van der Waals surface area contributed by atoms with E-state index in [4.69, 9.17) is 0 Å². The van der Waals surface area contributed by atoms with Gasteiger partial charge in [0.05, 0.1) is 34.1 Å². The molecule has 6 aliphatic heterocycles. The highest BCUT2D eigenvalue weighted by Gasteiger charge is 2.42. The van der Waals surface area contributed by atoms with Crippen LogP contribution in [0.3, 0.4) is 0 Å². The summed E-state index contributed by atoms with van der Waals surface area (Å²) in [5, 5.41) is 0. The van der Waals surface area contributed by atoms with Crippen molar-refractivity contribution in [2.24, 2.45) is 0 Å². The Morgan fingerprint density at radius 2 is 0.363 bits per heavy atom. The fraction of sp³-hybridized carbons (Fsp3) is 0.318. The maximum absolute atomic E-state index is 2.61. The van der Waals surface area contributed by atoms with Gasteiger partial charge in [-0.25, -0.2) is 0 Å². The van der Waals surface area contributed by atoms with E-state index in [1.807, 2.05) is 208 Å². The van der Waals surface area contributed by atoms with Crippen molar-refractivity contribution < 1.29 is 0 Å². The Bertz CT molecular complexity index is 6510. The molecule has 6 heterocycles. The van der Waals surface area contributed by atoms with Crippen molar-refractivity contribution in [3.05, 3.63) is 407 Å². The van der Waals surface area contributed by atoms with Crippen LogP contribution < -0.4 is 14.7 Å². The zero-order valence-electron chi connectivity index (χ0n) is 88.3.